The van der Waals surface area contributed by atoms with Crippen LogP contribution >= 0.6 is 15.9 Å². The van der Waals surface area contributed by atoms with Gasteiger partial charge in [-0.15, -0.1) is 0 Å². The van der Waals surface area contributed by atoms with Crippen LogP contribution in [-0.2, 0) is 0 Å². The summed E-state index contributed by atoms with van der Waals surface area (Å²) in [6.07, 6.45) is 3.39. The van der Waals surface area contributed by atoms with Gasteiger partial charge in [-0.05, 0) is 42.3 Å². The van der Waals surface area contributed by atoms with Gasteiger partial charge in [-0.1, -0.05) is 40.2 Å². The van der Waals surface area contributed by atoms with E-state index in [4.69, 9.17) is 5.73 Å². The van der Waals surface area contributed by atoms with Crippen molar-refractivity contribution in [2.24, 2.45) is 0 Å². The maximum absolute atomic E-state index is 11.8. The van der Waals surface area contributed by atoms with Crippen molar-refractivity contribution in [2.75, 3.05) is 11.1 Å². The number of carbonyl (C=O) groups is 1. The zero-order valence-corrected chi connectivity index (χ0v) is 13.1. The van der Waals surface area contributed by atoms with E-state index in [1.54, 1.807) is 12.3 Å². The molecule has 2 aromatic rings. The Balaban J connectivity index is 1.96. The summed E-state index contributed by atoms with van der Waals surface area (Å²) in [6, 6.07) is 12.9. The van der Waals surface area contributed by atoms with Crippen LogP contribution in [0.1, 0.15) is 11.1 Å². The highest BCUT2D eigenvalue weighted by Crippen LogP contribution is 2.19. The van der Waals surface area contributed by atoms with Crippen LogP contribution in [0.3, 0.4) is 0 Å². The van der Waals surface area contributed by atoms with E-state index < -0.39 is 0 Å². The summed E-state index contributed by atoms with van der Waals surface area (Å²) in [7, 11) is 0. The van der Waals surface area contributed by atoms with E-state index in [9.17, 15) is 4.79 Å². The normalized spacial score (nSPS) is 10.6. The number of nitrogens with one attached hydrogen (secondary N) is 2. The third kappa shape index (κ3) is 4.36. The van der Waals surface area contributed by atoms with Gasteiger partial charge in [0.25, 0.3) is 0 Å². The number of amides is 2. The fraction of sp³-hybridized carbons (Fsp3) is 0.0625. The number of urea groups is 1. The molecule has 0 unspecified atom stereocenters. The number of benzene rings is 2. The largest absolute Gasteiger partial charge is 0.397 e. The van der Waals surface area contributed by atoms with Crippen molar-refractivity contribution in [3.8, 4) is 0 Å². The van der Waals surface area contributed by atoms with Crippen molar-refractivity contribution >= 4 is 39.4 Å². The average molecular weight is 346 g/mol. The summed E-state index contributed by atoms with van der Waals surface area (Å²) >= 11 is 3.44. The van der Waals surface area contributed by atoms with Gasteiger partial charge in [0.1, 0.15) is 0 Å². The molecule has 4 N–H and O–H groups in total. The number of anilines is 2. The molecule has 0 aliphatic carbocycles. The first-order valence-electron chi connectivity index (χ1n) is 6.41. The van der Waals surface area contributed by atoms with Crippen molar-refractivity contribution in [1.29, 1.82) is 0 Å². The lowest BCUT2D eigenvalue weighted by Gasteiger charge is -2.08. The number of nitrogens with two attached hydrogens (primary N) is 1. The lowest BCUT2D eigenvalue weighted by molar-refractivity contribution is 0.255. The highest BCUT2D eigenvalue weighted by molar-refractivity contribution is 9.10. The van der Waals surface area contributed by atoms with E-state index in [2.05, 4.69) is 26.6 Å². The Hall–Kier alpha value is -2.27. The van der Waals surface area contributed by atoms with Crippen LogP contribution in [0.4, 0.5) is 16.2 Å². The lowest BCUT2D eigenvalue weighted by Crippen LogP contribution is -2.24. The number of carbonyl (C=O) groups excluding carboxylic acids is 1. The minimum atomic E-state index is -0.337. The molecule has 0 aromatic heterocycles. The molecule has 2 aromatic carbocycles. The summed E-state index contributed by atoms with van der Waals surface area (Å²) < 4.78 is 0.964. The van der Waals surface area contributed by atoms with Gasteiger partial charge >= 0.3 is 6.03 Å². The quantitative estimate of drug-likeness (QED) is 0.732. The molecular weight excluding hydrogens is 330 g/mol. The number of rotatable bonds is 3. The van der Waals surface area contributed by atoms with Crippen molar-refractivity contribution in [1.82, 2.24) is 5.32 Å². The molecule has 0 saturated heterocycles. The Labute approximate surface area is 132 Å². The van der Waals surface area contributed by atoms with Gasteiger partial charge in [0.2, 0.25) is 0 Å². The fourth-order valence-corrected chi connectivity index (χ4v) is 2.17. The molecule has 0 aliphatic rings. The number of nitrogen functional groups attached to an aromatic ring is 1. The number of hydrogen-bond acceptors (Lipinski definition) is 2. The van der Waals surface area contributed by atoms with Gasteiger partial charge in [0.05, 0.1) is 11.4 Å². The summed E-state index contributed by atoms with van der Waals surface area (Å²) in [4.78, 5) is 11.8. The summed E-state index contributed by atoms with van der Waals surface area (Å²) in [5, 5.41) is 5.36. The molecule has 0 saturated carbocycles. The van der Waals surface area contributed by atoms with Gasteiger partial charge in [-0.2, -0.15) is 0 Å². The topological polar surface area (TPSA) is 67.1 Å². The van der Waals surface area contributed by atoms with Crippen LogP contribution in [0.5, 0.6) is 0 Å². The third-order valence-electron chi connectivity index (χ3n) is 2.84. The summed E-state index contributed by atoms with van der Waals surface area (Å²) in [5.74, 6) is 0. The van der Waals surface area contributed by atoms with Crippen molar-refractivity contribution < 1.29 is 4.79 Å². The van der Waals surface area contributed by atoms with Crippen LogP contribution in [0.15, 0.2) is 53.1 Å². The standard InChI is InChI=1S/C16H16BrN3O/c1-11-6-7-14(18)15(10-11)20-16(21)19-9-8-12-4-2-3-5-13(12)17/h2-10H,18H2,1H3,(H2,19,20,21)/b9-8+. The van der Waals surface area contributed by atoms with E-state index in [0.29, 0.717) is 11.4 Å². The molecule has 0 bridgehead atoms. The number of halogens is 1. The second kappa shape index (κ2) is 6.95. The van der Waals surface area contributed by atoms with Gasteiger partial charge in [0.15, 0.2) is 0 Å². The predicted molar refractivity (Wildman–Crippen MR) is 90.9 cm³/mol. The third-order valence-corrected chi connectivity index (χ3v) is 3.56. The SMILES string of the molecule is Cc1ccc(N)c(NC(=O)N/C=C/c2ccccc2Br)c1. The zero-order chi connectivity index (χ0) is 15.2. The van der Waals surface area contributed by atoms with Crippen molar-refractivity contribution in [3.63, 3.8) is 0 Å². The zero-order valence-electron chi connectivity index (χ0n) is 11.6. The van der Waals surface area contributed by atoms with Gasteiger partial charge in [-0.3, -0.25) is 0 Å². The molecule has 21 heavy (non-hydrogen) atoms. The molecule has 0 spiro atoms. The van der Waals surface area contributed by atoms with Gasteiger partial charge < -0.3 is 16.4 Å². The Morgan fingerprint density at radius 1 is 1.24 bits per heavy atom. The molecule has 0 radical (unpaired) electrons. The Morgan fingerprint density at radius 2 is 2.00 bits per heavy atom. The first-order chi connectivity index (χ1) is 10.1. The minimum Gasteiger partial charge on any atom is -0.397 e. The van der Waals surface area contributed by atoms with Crippen molar-refractivity contribution in [3.05, 3.63) is 64.3 Å². The van der Waals surface area contributed by atoms with Crippen molar-refractivity contribution in [2.45, 2.75) is 6.92 Å². The molecule has 0 fully saturated rings. The lowest BCUT2D eigenvalue weighted by atomic mass is 10.2. The van der Waals surface area contributed by atoms with E-state index in [-0.39, 0.29) is 6.03 Å². The molecule has 4 nitrogen and oxygen atoms in total. The molecule has 108 valence electrons. The molecule has 0 atom stereocenters. The highest BCUT2D eigenvalue weighted by Gasteiger charge is 2.03. The maximum atomic E-state index is 11.8. The van der Waals surface area contributed by atoms with Gasteiger partial charge in [-0.25, -0.2) is 4.79 Å². The summed E-state index contributed by atoms with van der Waals surface area (Å²) in [5.41, 5.74) is 8.95. The van der Waals surface area contributed by atoms with Crippen LogP contribution in [0.25, 0.3) is 6.08 Å². The predicted octanol–water partition coefficient (Wildman–Crippen LogP) is 4.13. The Morgan fingerprint density at radius 3 is 2.76 bits per heavy atom. The monoisotopic (exact) mass is 345 g/mol. The van der Waals surface area contributed by atoms with E-state index >= 15 is 0 Å². The smallest absolute Gasteiger partial charge is 0.323 e. The molecule has 2 amide bonds. The summed E-state index contributed by atoms with van der Waals surface area (Å²) in [6.45, 7) is 1.94. The van der Waals surface area contributed by atoms with Gasteiger partial charge in [0, 0.05) is 10.7 Å². The molecule has 2 rings (SSSR count). The van der Waals surface area contributed by atoms with Crippen LogP contribution in [0.2, 0.25) is 0 Å². The van der Waals surface area contributed by atoms with E-state index in [0.717, 1.165) is 15.6 Å². The molecule has 0 aliphatic heterocycles. The Bertz CT molecular complexity index is 683. The van der Waals surface area contributed by atoms with Crippen LogP contribution in [-0.4, -0.2) is 6.03 Å². The van der Waals surface area contributed by atoms with Crippen LogP contribution < -0.4 is 16.4 Å². The minimum absolute atomic E-state index is 0.337. The number of hydrogen-bond donors (Lipinski definition) is 3. The van der Waals surface area contributed by atoms with Crippen LogP contribution in [0, 0.1) is 6.92 Å². The first-order valence-corrected chi connectivity index (χ1v) is 7.20. The molecule has 5 heteroatoms. The van der Waals surface area contributed by atoms with E-state index in [1.165, 1.54) is 0 Å². The molecule has 0 heterocycles. The highest BCUT2D eigenvalue weighted by atomic mass is 79.9. The maximum Gasteiger partial charge on any atom is 0.323 e. The second-order valence-corrected chi connectivity index (χ2v) is 5.40. The molecular formula is C16H16BrN3O. The Kier molecular flexibility index (Phi) is 5.00. The average Bonchev–Trinajstić information content (AvgIpc) is 2.45. The van der Waals surface area contributed by atoms with E-state index in [1.807, 2.05) is 49.4 Å². The number of aryl methyl sites for hydroxylation is 1. The fourth-order valence-electron chi connectivity index (χ4n) is 1.75. The first kappa shape index (κ1) is 15.1. The second-order valence-electron chi connectivity index (χ2n) is 4.54.